The molecule has 3 nitrogen and oxygen atoms in total. The van der Waals surface area contributed by atoms with Crippen molar-refractivity contribution in [1.29, 1.82) is 0 Å². The van der Waals surface area contributed by atoms with Crippen LogP contribution in [-0.4, -0.2) is 21.5 Å². The van der Waals surface area contributed by atoms with E-state index < -0.39 is 0 Å². The number of oxime groups is 1. The third kappa shape index (κ3) is 4.14. The van der Waals surface area contributed by atoms with Crippen LogP contribution in [0.25, 0.3) is 0 Å². The van der Waals surface area contributed by atoms with Gasteiger partial charge in [-0.25, -0.2) is 0 Å². The molecule has 0 aromatic carbocycles. The summed E-state index contributed by atoms with van der Waals surface area (Å²) in [5.41, 5.74) is 5.40. The summed E-state index contributed by atoms with van der Waals surface area (Å²) in [5.74, 6) is 0.301. The fraction of sp³-hybridized carbons (Fsp3) is 0.857. The van der Waals surface area contributed by atoms with Crippen LogP contribution in [0.2, 0.25) is 0 Å². The standard InChI is InChI=1S/C7H16N2OS/c1-4-5(2)11-6(3)7(8)9-10/h5-6,10H,4H2,1-3H3,(H2,8,9). The topological polar surface area (TPSA) is 58.6 Å². The molecule has 0 aliphatic carbocycles. The number of amidine groups is 1. The Morgan fingerprint density at radius 2 is 2.18 bits per heavy atom. The fourth-order valence-corrected chi connectivity index (χ4v) is 1.67. The van der Waals surface area contributed by atoms with Crippen molar-refractivity contribution in [1.82, 2.24) is 0 Å². The third-order valence-corrected chi connectivity index (χ3v) is 2.99. The Bertz CT molecular complexity index is 138. The van der Waals surface area contributed by atoms with Gasteiger partial charge in [0.15, 0.2) is 5.84 Å². The average molecular weight is 176 g/mol. The predicted octanol–water partition coefficient (Wildman–Crippen LogP) is 1.65. The number of thioether (sulfide) groups is 1. The van der Waals surface area contributed by atoms with Crippen LogP contribution < -0.4 is 5.73 Å². The first-order chi connectivity index (χ1) is 5.11. The molecule has 0 aromatic heterocycles. The number of nitrogens with two attached hydrogens (primary N) is 1. The Morgan fingerprint density at radius 1 is 1.64 bits per heavy atom. The van der Waals surface area contributed by atoms with E-state index in [1.165, 1.54) is 0 Å². The van der Waals surface area contributed by atoms with Crippen LogP contribution in [0.3, 0.4) is 0 Å². The maximum atomic E-state index is 8.34. The van der Waals surface area contributed by atoms with E-state index in [0.717, 1.165) is 6.42 Å². The molecule has 4 heteroatoms. The fourth-order valence-electron chi connectivity index (χ4n) is 0.596. The Kier molecular flexibility index (Phi) is 5.11. The van der Waals surface area contributed by atoms with Gasteiger partial charge in [-0.15, -0.1) is 11.8 Å². The van der Waals surface area contributed by atoms with Gasteiger partial charge in [0.25, 0.3) is 0 Å². The Labute approximate surface area is 72.0 Å². The molecule has 0 heterocycles. The molecule has 0 rings (SSSR count). The van der Waals surface area contributed by atoms with Gasteiger partial charge in [0.05, 0.1) is 5.25 Å². The first kappa shape index (κ1) is 10.6. The zero-order valence-corrected chi connectivity index (χ0v) is 8.06. The van der Waals surface area contributed by atoms with Crippen LogP contribution in [-0.2, 0) is 0 Å². The van der Waals surface area contributed by atoms with E-state index in [1.807, 2.05) is 6.92 Å². The summed E-state index contributed by atoms with van der Waals surface area (Å²) in [6.07, 6.45) is 1.10. The summed E-state index contributed by atoms with van der Waals surface area (Å²) >= 11 is 1.72. The van der Waals surface area contributed by atoms with Crippen LogP contribution in [0.15, 0.2) is 5.16 Å². The van der Waals surface area contributed by atoms with E-state index in [1.54, 1.807) is 11.8 Å². The minimum Gasteiger partial charge on any atom is -0.409 e. The van der Waals surface area contributed by atoms with Crippen molar-refractivity contribution < 1.29 is 5.21 Å². The zero-order valence-electron chi connectivity index (χ0n) is 7.24. The molecule has 0 aliphatic rings. The Balaban J connectivity index is 3.77. The third-order valence-electron chi connectivity index (χ3n) is 1.54. The van der Waals surface area contributed by atoms with Crippen molar-refractivity contribution in [3.8, 4) is 0 Å². The minimum atomic E-state index is 0.106. The van der Waals surface area contributed by atoms with Gasteiger partial charge < -0.3 is 10.9 Å². The molecule has 11 heavy (non-hydrogen) atoms. The number of hydrogen-bond donors (Lipinski definition) is 2. The first-order valence-corrected chi connectivity index (χ1v) is 4.69. The monoisotopic (exact) mass is 176 g/mol. The highest BCUT2D eigenvalue weighted by Gasteiger charge is 2.10. The van der Waals surface area contributed by atoms with Gasteiger partial charge >= 0.3 is 0 Å². The molecule has 0 bridgehead atoms. The summed E-state index contributed by atoms with van der Waals surface area (Å²) in [6.45, 7) is 6.19. The minimum absolute atomic E-state index is 0.106. The quantitative estimate of drug-likeness (QED) is 0.296. The number of rotatable bonds is 4. The second-order valence-electron chi connectivity index (χ2n) is 2.52. The van der Waals surface area contributed by atoms with Crippen molar-refractivity contribution in [2.75, 3.05) is 0 Å². The van der Waals surface area contributed by atoms with Crippen LogP contribution in [0.1, 0.15) is 27.2 Å². The van der Waals surface area contributed by atoms with Gasteiger partial charge in [-0.05, 0) is 13.3 Å². The molecule has 0 aliphatic heterocycles. The van der Waals surface area contributed by atoms with Crippen molar-refractivity contribution in [2.24, 2.45) is 10.9 Å². The van der Waals surface area contributed by atoms with Crippen molar-refractivity contribution in [3.63, 3.8) is 0 Å². The normalized spacial score (nSPS) is 17.9. The summed E-state index contributed by atoms with van der Waals surface area (Å²) in [5, 5.41) is 12.0. The second-order valence-corrected chi connectivity index (χ2v) is 4.31. The van der Waals surface area contributed by atoms with Crippen molar-refractivity contribution in [3.05, 3.63) is 0 Å². The summed E-state index contributed by atoms with van der Waals surface area (Å²) in [6, 6.07) is 0. The molecule has 0 saturated heterocycles. The largest absolute Gasteiger partial charge is 0.409 e. The summed E-state index contributed by atoms with van der Waals surface area (Å²) in [7, 11) is 0. The highest BCUT2D eigenvalue weighted by molar-refractivity contribution is 8.01. The molecule has 0 aromatic rings. The van der Waals surface area contributed by atoms with Crippen LogP contribution >= 0.6 is 11.8 Å². The molecule has 0 amide bonds. The lowest BCUT2D eigenvalue weighted by molar-refractivity contribution is 0.317. The van der Waals surface area contributed by atoms with E-state index >= 15 is 0 Å². The summed E-state index contributed by atoms with van der Waals surface area (Å²) in [4.78, 5) is 0. The van der Waals surface area contributed by atoms with E-state index in [4.69, 9.17) is 10.9 Å². The van der Waals surface area contributed by atoms with Crippen molar-refractivity contribution >= 4 is 17.6 Å². The van der Waals surface area contributed by atoms with E-state index in [2.05, 4.69) is 19.0 Å². The SMILES string of the molecule is CCC(C)SC(C)C(N)=NO. The molecule has 0 spiro atoms. The molecule has 2 atom stereocenters. The molecule has 0 fully saturated rings. The van der Waals surface area contributed by atoms with Gasteiger partial charge in [-0.1, -0.05) is 19.0 Å². The molecule has 0 radical (unpaired) electrons. The van der Waals surface area contributed by atoms with Gasteiger partial charge in [-0.3, -0.25) is 0 Å². The Morgan fingerprint density at radius 3 is 2.55 bits per heavy atom. The molecule has 3 N–H and O–H groups in total. The highest BCUT2D eigenvalue weighted by Crippen LogP contribution is 2.19. The predicted molar refractivity (Wildman–Crippen MR) is 50.2 cm³/mol. The van der Waals surface area contributed by atoms with Gasteiger partial charge in [0.2, 0.25) is 0 Å². The molecule has 0 saturated carbocycles. The molecular formula is C7H16N2OS. The van der Waals surface area contributed by atoms with Crippen LogP contribution in [0.4, 0.5) is 0 Å². The maximum absolute atomic E-state index is 8.34. The lowest BCUT2D eigenvalue weighted by Gasteiger charge is -2.13. The molecular weight excluding hydrogens is 160 g/mol. The molecule has 66 valence electrons. The number of hydrogen-bond acceptors (Lipinski definition) is 3. The van der Waals surface area contributed by atoms with Gasteiger partial charge in [0, 0.05) is 5.25 Å². The van der Waals surface area contributed by atoms with Crippen LogP contribution in [0.5, 0.6) is 0 Å². The lowest BCUT2D eigenvalue weighted by atomic mass is 10.4. The first-order valence-electron chi connectivity index (χ1n) is 3.74. The second kappa shape index (κ2) is 5.29. The Hall–Kier alpha value is -0.380. The van der Waals surface area contributed by atoms with Crippen molar-refractivity contribution in [2.45, 2.75) is 37.7 Å². The van der Waals surface area contributed by atoms with Crippen LogP contribution in [0, 0.1) is 0 Å². The number of nitrogens with zero attached hydrogens (tertiary/aromatic N) is 1. The summed E-state index contributed by atoms with van der Waals surface area (Å²) < 4.78 is 0. The maximum Gasteiger partial charge on any atom is 0.152 e. The van der Waals surface area contributed by atoms with E-state index in [0.29, 0.717) is 11.1 Å². The lowest BCUT2D eigenvalue weighted by Crippen LogP contribution is -2.24. The van der Waals surface area contributed by atoms with E-state index in [-0.39, 0.29) is 5.25 Å². The highest BCUT2D eigenvalue weighted by atomic mass is 32.2. The van der Waals surface area contributed by atoms with Gasteiger partial charge in [0.1, 0.15) is 0 Å². The van der Waals surface area contributed by atoms with Gasteiger partial charge in [-0.2, -0.15) is 0 Å². The zero-order chi connectivity index (χ0) is 8.85. The average Bonchev–Trinajstić information content (AvgIpc) is 2.02. The smallest absolute Gasteiger partial charge is 0.152 e. The molecule has 2 unspecified atom stereocenters. The van der Waals surface area contributed by atoms with E-state index in [9.17, 15) is 0 Å².